The lowest BCUT2D eigenvalue weighted by atomic mass is 9.96. The van der Waals surface area contributed by atoms with Crippen molar-refractivity contribution in [2.45, 2.75) is 38.8 Å². The summed E-state index contributed by atoms with van der Waals surface area (Å²) in [5.74, 6) is -0.322. The predicted molar refractivity (Wildman–Crippen MR) is 112 cm³/mol. The van der Waals surface area contributed by atoms with Crippen molar-refractivity contribution in [1.29, 1.82) is 0 Å². The summed E-state index contributed by atoms with van der Waals surface area (Å²) in [6.45, 7) is 5.89. The van der Waals surface area contributed by atoms with Crippen molar-refractivity contribution < 1.29 is 17.2 Å². The fraction of sp³-hybridized carbons (Fsp3) is 0.455. The second kappa shape index (κ2) is 8.90. The number of sulfonamides is 1. The molecule has 0 bridgehead atoms. The van der Waals surface area contributed by atoms with Gasteiger partial charge in [0.2, 0.25) is 10.0 Å². The molecule has 1 heterocycles. The molecule has 0 radical (unpaired) electrons. The van der Waals surface area contributed by atoms with Gasteiger partial charge in [0.25, 0.3) is 0 Å². The maximum absolute atomic E-state index is 14.3. The minimum atomic E-state index is -3.34. The van der Waals surface area contributed by atoms with Crippen molar-refractivity contribution in [2.75, 3.05) is 19.3 Å². The van der Waals surface area contributed by atoms with Gasteiger partial charge in [0.15, 0.2) is 0 Å². The first-order valence-corrected chi connectivity index (χ1v) is 11.8. The fourth-order valence-corrected chi connectivity index (χ4v) is 4.97. The van der Waals surface area contributed by atoms with E-state index < -0.39 is 10.0 Å². The maximum Gasteiger partial charge on any atom is 0.209 e. The number of nitrogens with one attached hydrogen (secondary N) is 1. The highest BCUT2D eigenvalue weighted by Gasteiger charge is 2.35. The van der Waals surface area contributed by atoms with Crippen molar-refractivity contribution in [2.24, 2.45) is 5.92 Å². The topological polar surface area (TPSA) is 49.4 Å². The molecule has 2 atom stereocenters. The third-order valence-corrected chi connectivity index (χ3v) is 5.92. The lowest BCUT2D eigenvalue weighted by Gasteiger charge is -2.30. The summed E-state index contributed by atoms with van der Waals surface area (Å²) in [4.78, 5) is 2.28. The van der Waals surface area contributed by atoms with Gasteiger partial charge in [-0.05, 0) is 59.7 Å². The van der Waals surface area contributed by atoms with Crippen LogP contribution in [0.3, 0.4) is 0 Å². The van der Waals surface area contributed by atoms with E-state index in [1.54, 1.807) is 12.1 Å². The predicted octanol–water partition coefficient (Wildman–Crippen LogP) is 3.82. The summed E-state index contributed by atoms with van der Waals surface area (Å²) in [7, 11) is -3.34. The van der Waals surface area contributed by atoms with E-state index in [2.05, 4.69) is 23.5 Å². The van der Waals surface area contributed by atoms with E-state index in [1.807, 2.05) is 6.07 Å². The van der Waals surface area contributed by atoms with Crippen LogP contribution in [0.25, 0.3) is 11.1 Å². The molecule has 7 heteroatoms. The van der Waals surface area contributed by atoms with E-state index >= 15 is 0 Å². The fourth-order valence-electron chi connectivity index (χ4n) is 4.14. The number of rotatable bonds is 7. The Labute approximate surface area is 172 Å². The third-order valence-electron chi connectivity index (χ3n) is 5.19. The summed E-state index contributed by atoms with van der Waals surface area (Å²) in [5, 5.41) is 0. The van der Waals surface area contributed by atoms with Gasteiger partial charge in [0.05, 0.1) is 6.26 Å². The second-order valence-electron chi connectivity index (χ2n) is 8.30. The van der Waals surface area contributed by atoms with Crippen LogP contribution in [-0.4, -0.2) is 44.7 Å². The van der Waals surface area contributed by atoms with Crippen LogP contribution in [0, 0.1) is 17.6 Å². The largest absolute Gasteiger partial charge is 0.298 e. The highest BCUT2D eigenvalue weighted by molar-refractivity contribution is 7.88. The van der Waals surface area contributed by atoms with Crippen LogP contribution in [0.2, 0.25) is 0 Å². The van der Waals surface area contributed by atoms with Crippen LogP contribution < -0.4 is 4.72 Å². The molecule has 1 aliphatic heterocycles. The molecular weight excluding hydrogens is 394 g/mol. The Balaban J connectivity index is 1.90. The molecule has 29 heavy (non-hydrogen) atoms. The molecule has 2 aromatic carbocycles. The van der Waals surface area contributed by atoms with E-state index in [9.17, 15) is 17.2 Å². The lowest BCUT2D eigenvalue weighted by Crippen LogP contribution is -2.46. The first kappa shape index (κ1) is 21.9. The minimum Gasteiger partial charge on any atom is -0.298 e. The molecule has 2 unspecified atom stereocenters. The van der Waals surface area contributed by atoms with Gasteiger partial charge < -0.3 is 0 Å². The van der Waals surface area contributed by atoms with Gasteiger partial charge in [-0.25, -0.2) is 21.9 Å². The maximum atomic E-state index is 14.3. The summed E-state index contributed by atoms with van der Waals surface area (Å²) < 4.78 is 54.3. The van der Waals surface area contributed by atoms with E-state index in [0.717, 1.165) is 25.1 Å². The Bertz CT molecular complexity index is 963. The summed E-state index contributed by atoms with van der Waals surface area (Å²) in [6.07, 6.45) is 2.40. The van der Waals surface area contributed by atoms with Crippen molar-refractivity contribution in [3.8, 4) is 11.1 Å². The highest BCUT2D eigenvalue weighted by Crippen LogP contribution is 2.27. The number of benzene rings is 2. The summed E-state index contributed by atoms with van der Waals surface area (Å²) in [5.41, 5.74) is 1.99. The molecule has 0 aliphatic carbocycles. The molecule has 0 spiro atoms. The molecule has 1 aliphatic rings. The number of halogens is 2. The van der Waals surface area contributed by atoms with Crippen LogP contribution in [0.4, 0.5) is 8.78 Å². The smallest absolute Gasteiger partial charge is 0.209 e. The van der Waals surface area contributed by atoms with E-state index in [4.69, 9.17) is 0 Å². The Kier molecular flexibility index (Phi) is 6.71. The zero-order chi connectivity index (χ0) is 21.2. The normalized spacial score (nSPS) is 20.5. The van der Waals surface area contributed by atoms with Gasteiger partial charge in [0, 0.05) is 25.2 Å². The molecule has 0 amide bonds. The summed E-state index contributed by atoms with van der Waals surface area (Å²) >= 11 is 0. The van der Waals surface area contributed by atoms with Crippen LogP contribution >= 0.6 is 0 Å². The average Bonchev–Trinajstić information content (AvgIpc) is 2.93. The van der Waals surface area contributed by atoms with Gasteiger partial charge >= 0.3 is 0 Å². The van der Waals surface area contributed by atoms with Crippen LogP contribution in [-0.2, 0) is 16.4 Å². The standard InChI is InChI=1S/C22H28F2N2O2S/c1-15(2)14-26-8-7-21(25-29(3,27)28)22(26)11-16-9-18(13-20(24)10-16)17-5-4-6-19(23)12-17/h4-6,9-10,12-13,15,21-22,25H,7-8,11,14H2,1-3H3. The summed E-state index contributed by atoms with van der Waals surface area (Å²) in [6, 6.07) is 10.5. The monoisotopic (exact) mass is 422 g/mol. The first-order valence-electron chi connectivity index (χ1n) is 9.87. The number of nitrogens with zero attached hydrogens (tertiary/aromatic N) is 1. The van der Waals surface area contributed by atoms with Crippen molar-refractivity contribution >= 4 is 10.0 Å². The molecule has 2 aromatic rings. The third kappa shape index (κ3) is 6.07. The van der Waals surface area contributed by atoms with Gasteiger partial charge in [-0.2, -0.15) is 0 Å². The van der Waals surface area contributed by atoms with E-state index in [-0.39, 0.29) is 23.7 Å². The van der Waals surface area contributed by atoms with Crippen LogP contribution in [0.15, 0.2) is 42.5 Å². The van der Waals surface area contributed by atoms with E-state index in [0.29, 0.717) is 23.5 Å². The molecule has 0 aromatic heterocycles. The van der Waals surface area contributed by atoms with Gasteiger partial charge in [-0.15, -0.1) is 0 Å². The molecule has 3 rings (SSSR count). The Morgan fingerprint density at radius 3 is 2.48 bits per heavy atom. The van der Waals surface area contributed by atoms with Gasteiger partial charge in [0.1, 0.15) is 11.6 Å². The number of likely N-dealkylation sites (tertiary alicyclic amines) is 1. The number of hydrogen-bond donors (Lipinski definition) is 1. The molecule has 0 saturated carbocycles. The van der Waals surface area contributed by atoms with Gasteiger partial charge in [-0.3, -0.25) is 4.90 Å². The average molecular weight is 423 g/mol. The Morgan fingerprint density at radius 2 is 1.83 bits per heavy atom. The minimum absolute atomic E-state index is 0.0608. The molecule has 1 saturated heterocycles. The van der Waals surface area contributed by atoms with Crippen molar-refractivity contribution in [3.05, 3.63) is 59.7 Å². The Morgan fingerprint density at radius 1 is 1.10 bits per heavy atom. The molecule has 4 nitrogen and oxygen atoms in total. The zero-order valence-electron chi connectivity index (χ0n) is 17.0. The van der Waals surface area contributed by atoms with E-state index in [1.165, 1.54) is 30.5 Å². The first-order chi connectivity index (χ1) is 13.6. The Hall–Kier alpha value is -1.83. The quantitative estimate of drug-likeness (QED) is 0.738. The molecule has 158 valence electrons. The van der Waals surface area contributed by atoms with Crippen molar-refractivity contribution in [3.63, 3.8) is 0 Å². The molecule has 1 N–H and O–H groups in total. The lowest BCUT2D eigenvalue weighted by molar-refractivity contribution is 0.214. The zero-order valence-corrected chi connectivity index (χ0v) is 17.8. The van der Waals surface area contributed by atoms with Crippen LogP contribution in [0.5, 0.6) is 0 Å². The van der Waals surface area contributed by atoms with Crippen molar-refractivity contribution in [1.82, 2.24) is 9.62 Å². The molecular formula is C22H28F2N2O2S. The second-order valence-corrected chi connectivity index (χ2v) is 10.1. The SMILES string of the molecule is CC(C)CN1CCC(NS(C)(=O)=O)C1Cc1cc(F)cc(-c2cccc(F)c2)c1. The van der Waals surface area contributed by atoms with Gasteiger partial charge in [-0.1, -0.05) is 32.0 Å². The number of hydrogen-bond acceptors (Lipinski definition) is 3. The highest BCUT2D eigenvalue weighted by atomic mass is 32.2. The van der Waals surface area contributed by atoms with Crippen LogP contribution in [0.1, 0.15) is 25.8 Å². The molecule has 1 fully saturated rings.